The number of para-hydroxylation sites is 2. The van der Waals surface area contributed by atoms with Crippen molar-refractivity contribution in [3.05, 3.63) is 83.9 Å². The maximum atomic E-state index is 12.5. The normalized spacial score (nSPS) is 11.1. The minimum atomic E-state index is -3.56. The number of anilines is 1. The van der Waals surface area contributed by atoms with E-state index >= 15 is 0 Å². The van der Waals surface area contributed by atoms with Crippen LogP contribution in [0.3, 0.4) is 0 Å². The van der Waals surface area contributed by atoms with E-state index in [4.69, 9.17) is 14.2 Å². The summed E-state index contributed by atoms with van der Waals surface area (Å²) in [5, 5.41) is 2.81. The van der Waals surface area contributed by atoms with Gasteiger partial charge in [-0.05, 0) is 55.8 Å². The second-order valence-electron chi connectivity index (χ2n) is 8.39. The van der Waals surface area contributed by atoms with Crippen LogP contribution in [0, 0.1) is 0 Å². The number of hydrogen-bond donors (Lipinski definition) is 1. The van der Waals surface area contributed by atoms with Crippen LogP contribution in [0.1, 0.15) is 29.8 Å². The van der Waals surface area contributed by atoms with Crippen molar-refractivity contribution in [2.24, 2.45) is 0 Å². The van der Waals surface area contributed by atoms with Crippen molar-refractivity contribution in [1.29, 1.82) is 0 Å². The van der Waals surface area contributed by atoms with Gasteiger partial charge in [-0.3, -0.25) is 9.10 Å². The molecule has 0 saturated carbocycles. The number of hydrogen-bond acceptors (Lipinski definition) is 6. The molecule has 3 aromatic rings. The quantitative estimate of drug-likeness (QED) is 0.365. The summed E-state index contributed by atoms with van der Waals surface area (Å²) in [4.78, 5) is 12.5. The Hall–Kier alpha value is -3.72. The fourth-order valence-electron chi connectivity index (χ4n) is 3.48. The van der Waals surface area contributed by atoms with Gasteiger partial charge in [0.05, 0.1) is 38.2 Å². The molecule has 0 atom stereocenters. The van der Waals surface area contributed by atoms with E-state index in [9.17, 15) is 13.2 Å². The van der Waals surface area contributed by atoms with Crippen LogP contribution >= 0.6 is 0 Å². The number of methoxy groups -OCH3 is 1. The Morgan fingerprint density at radius 1 is 0.972 bits per heavy atom. The summed E-state index contributed by atoms with van der Waals surface area (Å²) >= 11 is 0. The maximum absolute atomic E-state index is 12.5. The van der Waals surface area contributed by atoms with Crippen LogP contribution in [0.2, 0.25) is 0 Å². The Balaban J connectivity index is 1.60. The lowest BCUT2D eigenvalue weighted by atomic mass is 10.1. The second kappa shape index (κ2) is 12.3. The van der Waals surface area contributed by atoms with Crippen LogP contribution in [0.25, 0.3) is 0 Å². The molecule has 0 aliphatic rings. The van der Waals surface area contributed by atoms with Gasteiger partial charge in [0, 0.05) is 11.6 Å². The van der Waals surface area contributed by atoms with Crippen molar-refractivity contribution < 1.29 is 27.4 Å². The van der Waals surface area contributed by atoms with E-state index in [1.807, 2.05) is 26.0 Å². The van der Waals surface area contributed by atoms with Gasteiger partial charge < -0.3 is 19.5 Å². The van der Waals surface area contributed by atoms with Crippen molar-refractivity contribution in [2.45, 2.75) is 26.5 Å². The third-order valence-corrected chi connectivity index (χ3v) is 6.27. The first-order valence-electron chi connectivity index (χ1n) is 11.5. The molecular formula is C27H32N2O6S. The number of carbonyl (C=O) groups excluding carboxylic acids is 1. The average Bonchev–Trinajstić information content (AvgIpc) is 2.84. The minimum absolute atomic E-state index is 0.0293. The first-order chi connectivity index (χ1) is 17.2. The molecule has 0 saturated heterocycles. The maximum Gasteiger partial charge on any atom is 0.251 e. The van der Waals surface area contributed by atoms with E-state index < -0.39 is 10.0 Å². The van der Waals surface area contributed by atoms with Crippen LogP contribution in [-0.2, 0) is 16.6 Å². The Kier molecular flexibility index (Phi) is 9.19. The summed E-state index contributed by atoms with van der Waals surface area (Å²) < 4.78 is 43.0. The second-order valence-corrected chi connectivity index (χ2v) is 10.3. The zero-order valence-electron chi connectivity index (χ0n) is 20.9. The average molecular weight is 513 g/mol. The predicted octanol–water partition coefficient (Wildman–Crippen LogP) is 4.26. The van der Waals surface area contributed by atoms with Crippen LogP contribution in [0.5, 0.6) is 17.2 Å². The van der Waals surface area contributed by atoms with E-state index in [-0.39, 0.29) is 25.2 Å². The van der Waals surface area contributed by atoms with Crippen molar-refractivity contribution in [2.75, 3.05) is 30.8 Å². The van der Waals surface area contributed by atoms with E-state index in [0.29, 0.717) is 35.0 Å². The number of nitrogens with one attached hydrogen (secondary N) is 1. The molecule has 1 N–H and O–H groups in total. The highest BCUT2D eigenvalue weighted by molar-refractivity contribution is 7.92. The third kappa shape index (κ3) is 7.64. The first kappa shape index (κ1) is 26.9. The molecule has 0 bridgehead atoms. The lowest BCUT2D eigenvalue weighted by molar-refractivity contribution is 0.0946. The number of amides is 1. The SMILES string of the molecule is COc1ccccc1OCCNC(=O)c1ccc(CN(c2cccc(OC(C)C)c2)S(C)(=O)=O)cc1. The molecule has 3 aromatic carbocycles. The molecule has 0 aliphatic heterocycles. The molecular weight excluding hydrogens is 480 g/mol. The smallest absolute Gasteiger partial charge is 0.251 e. The van der Waals surface area contributed by atoms with Gasteiger partial charge in [-0.25, -0.2) is 8.42 Å². The van der Waals surface area contributed by atoms with E-state index in [1.54, 1.807) is 67.8 Å². The lowest BCUT2D eigenvalue weighted by Crippen LogP contribution is -2.29. The summed E-state index contributed by atoms with van der Waals surface area (Å²) in [5.41, 5.74) is 1.72. The minimum Gasteiger partial charge on any atom is -0.493 e. The van der Waals surface area contributed by atoms with Gasteiger partial charge in [-0.15, -0.1) is 0 Å². The van der Waals surface area contributed by atoms with E-state index in [2.05, 4.69) is 5.32 Å². The number of benzene rings is 3. The molecule has 0 aliphatic carbocycles. The number of rotatable bonds is 12. The summed E-state index contributed by atoms with van der Waals surface area (Å²) in [7, 11) is -1.98. The fraction of sp³-hybridized carbons (Fsp3) is 0.296. The van der Waals surface area contributed by atoms with Gasteiger partial charge >= 0.3 is 0 Å². The van der Waals surface area contributed by atoms with Gasteiger partial charge in [-0.1, -0.05) is 30.3 Å². The largest absolute Gasteiger partial charge is 0.493 e. The van der Waals surface area contributed by atoms with Crippen LogP contribution in [0.4, 0.5) is 5.69 Å². The Labute approximate surface area is 212 Å². The molecule has 0 unspecified atom stereocenters. The topological polar surface area (TPSA) is 94.2 Å². The van der Waals surface area contributed by atoms with Gasteiger partial charge in [0.2, 0.25) is 10.0 Å². The zero-order valence-corrected chi connectivity index (χ0v) is 21.7. The predicted molar refractivity (Wildman–Crippen MR) is 140 cm³/mol. The summed E-state index contributed by atoms with van der Waals surface area (Å²) in [6.45, 7) is 4.54. The standard InChI is InChI=1S/C27H32N2O6S/c1-20(2)35-24-9-7-8-23(18-24)29(36(4,31)32)19-21-12-14-22(15-13-21)27(30)28-16-17-34-26-11-6-5-10-25(26)33-3/h5-15,18,20H,16-17,19H2,1-4H3,(H,28,30). The number of sulfonamides is 1. The summed E-state index contributed by atoms with van der Waals surface area (Å²) in [6.07, 6.45) is 1.14. The van der Waals surface area contributed by atoms with Crippen LogP contribution in [-0.4, -0.2) is 46.9 Å². The van der Waals surface area contributed by atoms with Crippen molar-refractivity contribution in [1.82, 2.24) is 5.32 Å². The molecule has 1 amide bonds. The van der Waals surface area contributed by atoms with Gasteiger partial charge in [0.1, 0.15) is 12.4 Å². The molecule has 8 nitrogen and oxygen atoms in total. The molecule has 0 spiro atoms. The van der Waals surface area contributed by atoms with Gasteiger partial charge in [0.15, 0.2) is 11.5 Å². The van der Waals surface area contributed by atoms with Crippen molar-refractivity contribution >= 4 is 21.6 Å². The summed E-state index contributed by atoms with van der Waals surface area (Å²) in [6, 6.07) is 21.1. The Morgan fingerprint density at radius 2 is 1.67 bits per heavy atom. The van der Waals surface area contributed by atoms with Crippen LogP contribution in [0.15, 0.2) is 72.8 Å². The highest BCUT2D eigenvalue weighted by Gasteiger charge is 2.19. The van der Waals surface area contributed by atoms with E-state index in [0.717, 1.165) is 11.8 Å². The fourth-order valence-corrected chi connectivity index (χ4v) is 4.36. The van der Waals surface area contributed by atoms with Crippen molar-refractivity contribution in [3.8, 4) is 17.2 Å². The number of carbonyl (C=O) groups is 1. The monoisotopic (exact) mass is 512 g/mol. The molecule has 192 valence electrons. The Morgan fingerprint density at radius 3 is 2.31 bits per heavy atom. The molecule has 0 fully saturated rings. The van der Waals surface area contributed by atoms with Crippen molar-refractivity contribution in [3.63, 3.8) is 0 Å². The molecule has 3 rings (SSSR count). The molecule has 9 heteroatoms. The lowest BCUT2D eigenvalue weighted by Gasteiger charge is -2.23. The van der Waals surface area contributed by atoms with E-state index in [1.165, 1.54) is 4.31 Å². The van der Waals surface area contributed by atoms with Gasteiger partial charge in [0.25, 0.3) is 5.91 Å². The molecule has 0 aromatic heterocycles. The summed E-state index contributed by atoms with van der Waals surface area (Å²) in [5.74, 6) is 1.58. The highest BCUT2D eigenvalue weighted by atomic mass is 32.2. The first-order valence-corrected chi connectivity index (χ1v) is 13.4. The third-order valence-electron chi connectivity index (χ3n) is 5.13. The highest BCUT2D eigenvalue weighted by Crippen LogP contribution is 2.26. The molecule has 0 heterocycles. The molecule has 0 radical (unpaired) electrons. The number of ether oxygens (including phenoxy) is 3. The number of nitrogens with zero attached hydrogens (tertiary/aromatic N) is 1. The van der Waals surface area contributed by atoms with Crippen LogP contribution < -0.4 is 23.8 Å². The zero-order chi connectivity index (χ0) is 26.1. The van der Waals surface area contributed by atoms with Gasteiger partial charge in [-0.2, -0.15) is 0 Å². The Bertz CT molecular complexity index is 1260. The molecule has 36 heavy (non-hydrogen) atoms.